The van der Waals surface area contributed by atoms with Gasteiger partial charge in [0.25, 0.3) is 0 Å². The van der Waals surface area contributed by atoms with Crippen LogP contribution in [0, 0.1) is 0 Å². The fourth-order valence-corrected chi connectivity index (χ4v) is 1.36. The van der Waals surface area contributed by atoms with Gasteiger partial charge in [0, 0.05) is 0 Å². The van der Waals surface area contributed by atoms with E-state index in [2.05, 4.69) is 10.6 Å². The third kappa shape index (κ3) is 6.68. The summed E-state index contributed by atoms with van der Waals surface area (Å²) >= 11 is 0. The van der Waals surface area contributed by atoms with Crippen molar-refractivity contribution in [1.29, 1.82) is 0 Å². The van der Waals surface area contributed by atoms with Crippen LogP contribution in [0.4, 0.5) is 0 Å². The van der Waals surface area contributed by atoms with Crippen molar-refractivity contribution in [3.8, 4) is 0 Å². The molecule has 120 valence electrons. The molecule has 4 atom stereocenters. The van der Waals surface area contributed by atoms with Gasteiger partial charge in [0.15, 0.2) is 6.04 Å². The number of primary amides is 1. The van der Waals surface area contributed by atoms with Crippen molar-refractivity contribution < 1.29 is 29.4 Å². The van der Waals surface area contributed by atoms with E-state index in [4.69, 9.17) is 16.6 Å². The summed E-state index contributed by atoms with van der Waals surface area (Å²) in [5.41, 5.74) is 10.3. The molecule has 0 aromatic heterocycles. The van der Waals surface area contributed by atoms with Crippen molar-refractivity contribution in [3.63, 3.8) is 0 Å². The second kappa shape index (κ2) is 8.17. The van der Waals surface area contributed by atoms with Gasteiger partial charge in [0.1, 0.15) is 6.04 Å². The summed E-state index contributed by atoms with van der Waals surface area (Å²) in [6.07, 6.45) is -1.70. The molecule has 0 aromatic carbocycles. The molecule has 0 saturated heterocycles. The Morgan fingerprint density at radius 3 is 2.00 bits per heavy atom. The molecule has 0 aliphatic carbocycles. The van der Waals surface area contributed by atoms with E-state index < -0.39 is 47.9 Å². The number of aliphatic hydroxyl groups is 1. The maximum atomic E-state index is 11.7. The largest absolute Gasteiger partial charge is 0.480 e. The quantitative estimate of drug-likeness (QED) is 0.270. The van der Waals surface area contributed by atoms with E-state index in [1.807, 2.05) is 0 Å². The summed E-state index contributed by atoms with van der Waals surface area (Å²) in [6.45, 7) is 2.50. The Labute approximate surface area is 120 Å². The lowest BCUT2D eigenvalue weighted by molar-refractivity contribution is -0.145. The first-order chi connectivity index (χ1) is 9.56. The van der Waals surface area contributed by atoms with Crippen molar-refractivity contribution in [2.45, 2.75) is 44.5 Å². The van der Waals surface area contributed by atoms with E-state index in [0.717, 1.165) is 0 Å². The lowest BCUT2D eigenvalue weighted by Crippen LogP contribution is -2.55. The highest BCUT2D eigenvalue weighted by molar-refractivity contribution is 5.93. The van der Waals surface area contributed by atoms with Gasteiger partial charge in [-0.1, -0.05) is 0 Å². The van der Waals surface area contributed by atoms with Gasteiger partial charge in [-0.05, 0) is 13.8 Å². The molecule has 0 aliphatic rings. The number of carbonyl (C=O) groups is 4. The van der Waals surface area contributed by atoms with Crippen LogP contribution >= 0.6 is 0 Å². The van der Waals surface area contributed by atoms with Gasteiger partial charge in [-0.2, -0.15) is 0 Å². The Morgan fingerprint density at radius 1 is 1.10 bits per heavy atom. The maximum Gasteiger partial charge on any atom is 0.328 e. The third-order valence-corrected chi connectivity index (χ3v) is 2.56. The first kappa shape index (κ1) is 18.8. The van der Waals surface area contributed by atoms with Crippen molar-refractivity contribution >= 4 is 23.7 Å². The summed E-state index contributed by atoms with van der Waals surface area (Å²) in [5, 5.41) is 22.3. The molecule has 0 radical (unpaired) electrons. The van der Waals surface area contributed by atoms with Gasteiger partial charge in [-0.15, -0.1) is 0 Å². The van der Waals surface area contributed by atoms with E-state index in [1.165, 1.54) is 13.8 Å². The van der Waals surface area contributed by atoms with Crippen molar-refractivity contribution in [1.82, 2.24) is 10.6 Å². The number of hydrogen-bond donors (Lipinski definition) is 6. The molecule has 0 aliphatic heterocycles. The summed E-state index contributed by atoms with van der Waals surface area (Å²) in [4.78, 5) is 44.7. The zero-order chi connectivity index (χ0) is 16.7. The summed E-state index contributed by atoms with van der Waals surface area (Å²) in [7, 11) is 0. The molecular weight excluding hydrogens is 284 g/mol. The number of carboxylic acid groups (broad SMARTS) is 1. The molecule has 0 unspecified atom stereocenters. The number of carbonyl (C=O) groups excluding carboxylic acids is 3. The highest BCUT2D eigenvalue weighted by Crippen LogP contribution is 1.96. The number of nitrogens with one attached hydrogen (secondary N) is 2. The Kier molecular flexibility index (Phi) is 7.31. The topological polar surface area (TPSA) is 185 Å². The number of hydrogen-bond acceptors (Lipinski definition) is 6. The number of carboxylic acids is 1. The lowest BCUT2D eigenvalue weighted by atomic mass is 10.1. The van der Waals surface area contributed by atoms with Gasteiger partial charge in [0.05, 0.1) is 18.6 Å². The standard InChI is InChI=1S/C11H20N4O6/c1-4(14-10(19)6(12)3-7(13)17)9(18)15-8(5(2)16)11(20)21/h4-6,8,16H,3,12H2,1-2H3,(H2,13,17)(H,14,19)(H,15,18)(H,20,21)/t4-,5+,6-,8-/m0/s1. The molecule has 3 amide bonds. The summed E-state index contributed by atoms with van der Waals surface area (Å²) < 4.78 is 0. The minimum atomic E-state index is -1.50. The maximum absolute atomic E-state index is 11.7. The minimum absolute atomic E-state index is 0.383. The van der Waals surface area contributed by atoms with E-state index >= 15 is 0 Å². The van der Waals surface area contributed by atoms with Crippen LogP contribution in [-0.2, 0) is 19.2 Å². The van der Waals surface area contributed by atoms with Crippen molar-refractivity contribution in [2.24, 2.45) is 11.5 Å². The summed E-state index contributed by atoms with van der Waals surface area (Å²) in [6, 6.07) is -3.81. The Balaban J connectivity index is 4.54. The zero-order valence-electron chi connectivity index (χ0n) is 11.7. The van der Waals surface area contributed by atoms with Gasteiger partial charge < -0.3 is 32.3 Å². The summed E-state index contributed by atoms with van der Waals surface area (Å²) in [5.74, 6) is -3.78. The highest BCUT2D eigenvalue weighted by Gasteiger charge is 2.28. The Hall–Kier alpha value is -2.20. The van der Waals surface area contributed by atoms with Gasteiger partial charge in [-0.3, -0.25) is 14.4 Å². The van der Waals surface area contributed by atoms with Crippen LogP contribution in [0.3, 0.4) is 0 Å². The molecular formula is C11H20N4O6. The van der Waals surface area contributed by atoms with Gasteiger partial charge >= 0.3 is 5.97 Å². The average Bonchev–Trinajstić information content (AvgIpc) is 2.33. The number of rotatable bonds is 8. The van der Waals surface area contributed by atoms with Crippen LogP contribution < -0.4 is 22.1 Å². The lowest BCUT2D eigenvalue weighted by Gasteiger charge is -2.21. The van der Waals surface area contributed by atoms with E-state index in [-0.39, 0.29) is 6.42 Å². The van der Waals surface area contributed by atoms with Gasteiger partial charge in [-0.25, -0.2) is 4.79 Å². The predicted molar refractivity (Wildman–Crippen MR) is 70.6 cm³/mol. The van der Waals surface area contributed by atoms with E-state index in [1.54, 1.807) is 0 Å². The Bertz CT molecular complexity index is 425. The molecule has 10 heteroatoms. The van der Waals surface area contributed by atoms with E-state index in [0.29, 0.717) is 0 Å². The molecule has 0 spiro atoms. The number of aliphatic carboxylic acids is 1. The van der Waals surface area contributed by atoms with Crippen LogP contribution in [0.2, 0.25) is 0 Å². The van der Waals surface area contributed by atoms with Crippen LogP contribution in [-0.4, -0.2) is 58.1 Å². The molecule has 0 aromatic rings. The van der Waals surface area contributed by atoms with Crippen molar-refractivity contribution in [2.75, 3.05) is 0 Å². The molecule has 0 rings (SSSR count). The van der Waals surface area contributed by atoms with Crippen molar-refractivity contribution in [3.05, 3.63) is 0 Å². The fourth-order valence-electron chi connectivity index (χ4n) is 1.36. The third-order valence-electron chi connectivity index (χ3n) is 2.56. The normalized spacial score (nSPS) is 16.2. The molecule has 0 heterocycles. The molecule has 0 bridgehead atoms. The second-order valence-electron chi connectivity index (χ2n) is 4.57. The van der Waals surface area contributed by atoms with Crippen LogP contribution in [0.1, 0.15) is 20.3 Å². The second-order valence-corrected chi connectivity index (χ2v) is 4.57. The highest BCUT2D eigenvalue weighted by atomic mass is 16.4. The molecule has 10 nitrogen and oxygen atoms in total. The number of aliphatic hydroxyl groups excluding tert-OH is 1. The molecule has 21 heavy (non-hydrogen) atoms. The Morgan fingerprint density at radius 2 is 1.62 bits per heavy atom. The fraction of sp³-hybridized carbons (Fsp3) is 0.636. The van der Waals surface area contributed by atoms with Crippen LogP contribution in [0.15, 0.2) is 0 Å². The first-order valence-electron chi connectivity index (χ1n) is 6.11. The smallest absolute Gasteiger partial charge is 0.328 e. The minimum Gasteiger partial charge on any atom is -0.480 e. The van der Waals surface area contributed by atoms with Crippen LogP contribution in [0.25, 0.3) is 0 Å². The zero-order valence-corrected chi connectivity index (χ0v) is 11.7. The monoisotopic (exact) mass is 304 g/mol. The molecule has 0 saturated carbocycles. The van der Waals surface area contributed by atoms with E-state index in [9.17, 15) is 24.3 Å². The number of amides is 3. The SMILES string of the molecule is C[C@H](NC(=O)[C@@H](N)CC(N)=O)C(=O)N[C@H](C(=O)O)[C@@H](C)O. The average molecular weight is 304 g/mol. The first-order valence-corrected chi connectivity index (χ1v) is 6.11. The van der Waals surface area contributed by atoms with Gasteiger partial charge in [0.2, 0.25) is 17.7 Å². The molecule has 8 N–H and O–H groups in total. The molecule has 0 fully saturated rings. The predicted octanol–water partition coefficient (Wildman–Crippen LogP) is -3.36. The number of nitrogens with two attached hydrogens (primary N) is 2. The van der Waals surface area contributed by atoms with Crippen LogP contribution in [0.5, 0.6) is 0 Å².